The van der Waals surface area contributed by atoms with E-state index < -0.39 is 11.9 Å². The number of halogens is 3. The van der Waals surface area contributed by atoms with Gasteiger partial charge in [0, 0.05) is 13.7 Å². The van der Waals surface area contributed by atoms with Gasteiger partial charge in [0.25, 0.3) is 0 Å². The molecule has 1 N–H and O–H groups in total. The van der Waals surface area contributed by atoms with Gasteiger partial charge in [-0.1, -0.05) is 0 Å². The van der Waals surface area contributed by atoms with Crippen molar-refractivity contribution in [3.05, 3.63) is 29.5 Å². The Hall–Kier alpha value is -2.23. The molecule has 0 amide bonds. The normalized spacial score (nSPS) is 17.8. The lowest BCUT2D eigenvalue weighted by Gasteiger charge is -2.23. The van der Waals surface area contributed by atoms with Gasteiger partial charge in [0.2, 0.25) is 0 Å². The molecule has 10 heteroatoms. The van der Waals surface area contributed by atoms with Crippen LogP contribution in [-0.4, -0.2) is 32.1 Å². The average Bonchev–Trinajstić information content (AvgIpc) is 2.91. The van der Waals surface area contributed by atoms with Crippen molar-refractivity contribution < 1.29 is 17.9 Å². The van der Waals surface area contributed by atoms with Crippen molar-refractivity contribution in [2.24, 2.45) is 0 Å². The molecule has 124 valence electrons. The molecule has 2 aromatic rings. The van der Waals surface area contributed by atoms with Crippen LogP contribution in [0.4, 0.5) is 19.0 Å². The van der Waals surface area contributed by atoms with Gasteiger partial charge < -0.3 is 10.1 Å². The molecule has 0 spiro atoms. The number of nitrogens with one attached hydrogen (secondary N) is 1. The largest absolute Gasteiger partial charge is 0.435 e. The summed E-state index contributed by atoms with van der Waals surface area (Å²) in [6, 6.07) is 1.99. The van der Waals surface area contributed by atoms with Crippen molar-refractivity contribution in [3.8, 4) is 0 Å². The first kappa shape index (κ1) is 15.7. The SMILES string of the molecule is COCc1nc2n(n1)CCCC2Nc1ccc(C(F)(F)F)nn1. The number of anilines is 1. The van der Waals surface area contributed by atoms with Crippen molar-refractivity contribution in [3.63, 3.8) is 0 Å². The summed E-state index contributed by atoms with van der Waals surface area (Å²) in [5.41, 5.74) is -1.02. The second-order valence-corrected chi connectivity index (χ2v) is 5.18. The zero-order valence-corrected chi connectivity index (χ0v) is 12.3. The molecule has 2 aromatic heterocycles. The Balaban J connectivity index is 1.76. The third-order valence-electron chi connectivity index (χ3n) is 3.47. The number of hydrogen-bond acceptors (Lipinski definition) is 6. The number of rotatable bonds is 4. The Morgan fingerprint density at radius 3 is 2.83 bits per heavy atom. The maximum atomic E-state index is 12.5. The van der Waals surface area contributed by atoms with Crippen molar-refractivity contribution in [1.29, 1.82) is 0 Å². The fraction of sp³-hybridized carbons (Fsp3) is 0.538. The number of hydrogen-bond donors (Lipinski definition) is 1. The fourth-order valence-electron chi connectivity index (χ4n) is 2.47. The molecule has 1 unspecified atom stereocenters. The minimum Gasteiger partial charge on any atom is -0.377 e. The summed E-state index contributed by atoms with van der Waals surface area (Å²) >= 11 is 0. The predicted molar refractivity (Wildman–Crippen MR) is 73.4 cm³/mol. The van der Waals surface area contributed by atoms with E-state index in [0.717, 1.165) is 31.3 Å². The highest BCUT2D eigenvalue weighted by Crippen LogP contribution is 2.29. The molecule has 0 aromatic carbocycles. The van der Waals surface area contributed by atoms with Gasteiger partial charge in [-0.25, -0.2) is 9.67 Å². The summed E-state index contributed by atoms with van der Waals surface area (Å²) in [5.74, 6) is 1.58. The van der Waals surface area contributed by atoms with Crippen LogP contribution >= 0.6 is 0 Å². The van der Waals surface area contributed by atoms with Gasteiger partial charge in [0.05, 0.1) is 6.04 Å². The molecule has 0 aliphatic carbocycles. The van der Waals surface area contributed by atoms with E-state index in [9.17, 15) is 13.2 Å². The second kappa shape index (κ2) is 6.11. The average molecular weight is 328 g/mol. The van der Waals surface area contributed by atoms with Crippen LogP contribution in [0.2, 0.25) is 0 Å². The van der Waals surface area contributed by atoms with Crippen molar-refractivity contribution in [2.45, 2.75) is 38.2 Å². The molecule has 1 atom stereocenters. The van der Waals surface area contributed by atoms with Crippen molar-refractivity contribution in [2.75, 3.05) is 12.4 Å². The molecular formula is C13H15F3N6O. The van der Waals surface area contributed by atoms with Crippen LogP contribution in [0.5, 0.6) is 0 Å². The Morgan fingerprint density at radius 2 is 2.17 bits per heavy atom. The number of nitrogens with zero attached hydrogens (tertiary/aromatic N) is 5. The van der Waals surface area contributed by atoms with Gasteiger partial charge in [-0.3, -0.25) is 0 Å². The molecule has 0 saturated carbocycles. The monoisotopic (exact) mass is 328 g/mol. The molecular weight excluding hydrogens is 313 g/mol. The maximum Gasteiger partial charge on any atom is 0.435 e. The van der Waals surface area contributed by atoms with Crippen LogP contribution in [0.1, 0.15) is 36.2 Å². The third-order valence-corrected chi connectivity index (χ3v) is 3.47. The molecule has 1 aliphatic heterocycles. The molecule has 0 saturated heterocycles. The fourth-order valence-corrected chi connectivity index (χ4v) is 2.47. The molecule has 0 bridgehead atoms. The van der Waals surface area contributed by atoms with Gasteiger partial charge in [-0.15, -0.1) is 10.2 Å². The Bertz CT molecular complexity index is 669. The minimum absolute atomic E-state index is 0.173. The molecule has 0 radical (unpaired) electrons. The van der Waals surface area contributed by atoms with Crippen molar-refractivity contribution >= 4 is 5.82 Å². The van der Waals surface area contributed by atoms with Gasteiger partial charge in [0.15, 0.2) is 11.5 Å². The van der Waals surface area contributed by atoms with E-state index in [1.54, 1.807) is 11.8 Å². The summed E-state index contributed by atoms with van der Waals surface area (Å²) in [6.07, 6.45) is -2.83. The van der Waals surface area contributed by atoms with Gasteiger partial charge in [-0.2, -0.15) is 18.3 Å². The predicted octanol–water partition coefficient (Wildman–Crippen LogP) is 2.18. The molecule has 3 heterocycles. The summed E-state index contributed by atoms with van der Waals surface area (Å²) in [7, 11) is 1.56. The first-order chi connectivity index (χ1) is 11.0. The number of ether oxygens (including phenoxy) is 1. The van der Waals surface area contributed by atoms with E-state index in [2.05, 4.69) is 25.6 Å². The van der Waals surface area contributed by atoms with E-state index in [-0.39, 0.29) is 11.9 Å². The minimum atomic E-state index is -4.49. The third kappa shape index (κ3) is 3.41. The molecule has 23 heavy (non-hydrogen) atoms. The number of methoxy groups -OCH3 is 1. The summed E-state index contributed by atoms with van der Waals surface area (Å²) in [5, 5.41) is 14.2. The lowest BCUT2D eigenvalue weighted by Crippen LogP contribution is -2.23. The zero-order valence-electron chi connectivity index (χ0n) is 12.3. The van der Waals surface area contributed by atoms with E-state index in [4.69, 9.17) is 4.74 Å². The highest BCUT2D eigenvalue weighted by atomic mass is 19.4. The number of fused-ring (bicyclic) bond motifs is 1. The van der Waals surface area contributed by atoms with Crippen LogP contribution in [-0.2, 0) is 24.1 Å². The van der Waals surface area contributed by atoms with Crippen LogP contribution < -0.4 is 5.32 Å². The quantitative estimate of drug-likeness (QED) is 0.927. The van der Waals surface area contributed by atoms with Crippen LogP contribution in [0.25, 0.3) is 0 Å². The van der Waals surface area contributed by atoms with Gasteiger partial charge >= 0.3 is 6.18 Å². The Kier molecular flexibility index (Phi) is 4.16. The zero-order chi connectivity index (χ0) is 16.4. The van der Waals surface area contributed by atoms with E-state index in [1.807, 2.05) is 0 Å². The molecule has 0 fully saturated rings. The Labute approximate surface area is 129 Å². The van der Waals surface area contributed by atoms with E-state index in [0.29, 0.717) is 12.4 Å². The van der Waals surface area contributed by atoms with E-state index >= 15 is 0 Å². The second-order valence-electron chi connectivity index (χ2n) is 5.18. The van der Waals surface area contributed by atoms with Crippen LogP contribution in [0.3, 0.4) is 0 Å². The van der Waals surface area contributed by atoms with Gasteiger partial charge in [0.1, 0.15) is 18.2 Å². The maximum absolute atomic E-state index is 12.5. The first-order valence-corrected chi connectivity index (χ1v) is 7.07. The lowest BCUT2D eigenvalue weighted by molar-refractivity contribution is -0.141. The molecule has 3 rings (SSSR count). The lowest BCUT2D eigenvalue weighted by atomic mass is 10.1. The smallest absolute Gasteiger partial charge is 0.377 e. The number of aromatic nitrogens is 5. The van der Waals surface area contributed by atoms with Crippen molar-refractivity contribution in [1.82, 2.24) is 25.0 Å². The van der Waals surface area contributed by atoms with E-state index in [1.165, 1.54) is 6.07 Å². The highest BCUT2D eigenvalue weighted by molar-refractivity contribution is 5.36. The molecule has 7 nitrogen and oxygen atoms in total. The first-order valence-electron chi connectivity index (χ1n) is 7.07. The standard InChI is InChI=1S/C13H15F3N6O/c1-23-7-11-18-12-8(3-2-6-22(12)21-11)17-10-5-4-9(19-20-10)13(14,15)16/h4-5,8H,2-3,6-7H2,1H3,(H,17,20). The topological polar surface area (TPSA) is 77.8 Å². The number of alkyl halides is 3. The van der Waals surface area contributed by atoms with Gasteiger partial charge in [-0.05, 0) is 25.0 Å². The van der Waals surface area contributed by atoms with Crippen LogP contribution in [0.15, 0.2) is 12.1 Å². The Morgan fingerprint density at radius 1 is 1.35 bits per heavy atom. The summed E-state index contributed by atoms with van der Waals surface area (Å²) in [6.45, 7) is 1.07. The highest BCUT2D eigenvalue weighted by Gasteiger charge is 2.33. The summed E-state index contributed by atoms with van der Waals surface area (Å²) < 4.78 is 44.3. The molecule has 1 aliphatic rings. The van der Waals surface area contributed by atoms with Crippen LogP contribution in [0, 0.1) is 0 Å². The number of aryl methyl sites for hydroxylation is 1. The summed E-state index contributed by atoms with van der Waals surface area (Å²) in [4.78, 5) is 4.41.